The Morgan fingerprint density at radius 1 is 1.19 bits per heavy atom. The van der Waals surface area contributed by atoms with E-state index in [1.807, 2.05) is 30.3 Å². The van der Waals surface area contributed by atoms with Gasteiger partial charge in [0.1, 0.15) is 5.75 Å². The van der Waals surface area contributed by atoms with Crippen LogP contribution < -0.4 is 4.74 Å². The number of rotatable bonds is 0. The van der Waals surface area contributed by atoms with Crippen molar-refractivity contribution < 1.29 is 14.6 Å². The van der Waals surface area contributed by atoms with E-state index in [0.717, 1.165) is 10.8 Å². The molecule has 0 amide bonds. The van der Waals surface area contributed by atoms with Crippen molar-refractivity contribution in [1.29, 1.82) is 0 Å². The normalized spacial score (nSPS) is 19.3. The number of Topliss-reactive ketones (excluding diaryl/α,β-unsaturated/α-hetero) is 1. The first-order chi connectivity index (χ1) is 7.75. The second-order valence-corrected chi connectivity index (χ2v) is 3.86. The number of aliphatic hydroxyl groups excluding tert-OH is 1. The van der Waals surface area contributed by atoms with Gasteiger partial charge in [0.05, 0.1) is 12.0 Å². The average Bonchev–Trinajstić information content (AvgIpc) is 2.28. The Balaban J connectivity index is 2.33. The van der Waals surface area contributed by atoms with Crippen LogP contribution >= 0.6 is 0 Å². The molecule has 0 aromatic heterocycles. The Bertz CT molecular complexity index is 574. The van der Waals surface area contributed by atoms with Gasteiger partial charge >= 0.3 is 0 Å². The monoisotopic (exact) mass is 214 g/mol. The van der Waals surface area contributed by atoms with Crippen LogP contribution in [0, 0.1) is 0 Å². The third-order valence-electron chi connectivity index (χ3n) is 2.79. The predicted octanol–water partition coefficient (Wildman–Crippen LogP) is 2.12. The number of ketones is 1. The lowest BCUT2D eigenvalue weighted by molar-refractivity contribution is -0.0243. The Morgan fingerprint density at radius 3 is 2.88 bits per heavy atom. The summed E-state index contributed by atoms with van der Waals surface area (Å²) < 4.78 is 5.25. The van der Waals surface area contributed by atoms with Crippen molar-refractivity contribution in [2.24, 2.45) is 0 Å². The lowest BCUT2D eigenvalue weighted by atomic mass is 9.97. The molecule has 3 rings (SSSR count). The van der Waals surface area contributed by atoms with Gasteiger partial charge in [-0.05, 0) is 16.8 Å². The second-order valence-electron chi connectivity index (χ2n) is 3.86. The highest BCUT2D eigenvalue weighted by Crippen LogP contribution is 2.33. The zero-order valence-corrected chi connectivity index (χ0v) is 8.51. The number of hydrogen-bond donors (Lipinski definition) is 1. The molecule has 0 bridgehead atoms. The molecule has 1 unspecified atom stereocenters. The van der Waals surface area contributed by atoms with Crippen LogP contribution in [0.2, 0.25) is 0 Å². The lowest BCUT2D eigenvalue weighted by Gasteiger charge is -2.22. The molecule has 1 atom stereocenters. The summed E-state index contributed by atoms with van der Waals surface area (Å²) in [6.45, 7) is 0. The molecular weight excluding hydrogens is 204 g/mol. The molecule has 1 aliphatic heterocycles. The van der Waals surface area contributed by atoms with Gasteiger partial charge in [0, 0.05) is 0 Å². The van der Waals surface area contributed by atoms with Crippen LogP contribution in [0.1, 0.15) is 16.8 Å². The molecule has 0 saturated carbocycles. The van der Waals surface area contributed by atoms with Gasteiger partial charge in [0.2, 0.25) is 6.29 Å². The molecule has 80 valence electrons. The van der Waals surface area contributed by atoms with Crippen LogP contribution in [0.5, 0.6) is 5.75 Å². The largest absolute Gasteiger partial charge is 0.464 e. The Hall–Kier alpha value is -1.87. The highest BCUT2D eigenvalue weighted by molar-refractivity contribution is 6.11. The summed E-state index contributed by atoms with van der Waals surface area (Å²) in [5, 5.41) is 11.3. The Labute approximate surface area is 92.3 Å². The standard InChI is InChI=1S/C13H10O3/c14-10-7-12(15)16-11-6-5-8-3-1-2-4-9(8)13(10)11/h1-6,12,15H,7H2. The van der Waals surface area contributed by atoms with Crippen molar-refractivity contribution in [3.63, 3.8) is 0 Å². The zero-order chi connectivity index (χ0) is 11.1. The van der Waals surface area contributed by atoms with E-state index in [1.54, 1.807) is 6.07 Å². The fourth-order valence-electron chi connectivity index (χ4n) is 2.09. The maximum absolute atomic E-state index is 11.9. The van der Waals surface area contributed by atoms with E-state index in [1.165, 1.54) is 0 Å². The molecule has 0 fully saturated rings. The molecule has 0 spiro atoms. The number of hydrogen-bond acceptors (Lipinski definition) is 3. The SMILES string of the molecule is O=C1CC(O)Oc2ccc3ccccc3c21. The highest BCUT2D eigenvalue weighted by Gasteiger charge is 2.26. The van der Waals surface area contributed by atoms with Crippen LogP contribution in [-0.4, -0.2) is 17.2 Å². The van der Waals surface area contributed by atoms with Crippen LogP contribution in [0.25, 0.3) is 10.8 Å². The van der Waals surface area contributed by atoms with Gasteiger partial charge in [-0.1, -0.05) is 30.3 Å². The maximum atomic E-state index is 11.9. The number of fused-ring (bicyclic) bond motifs is 3. The molecule has 0 radical (unpaired) electrons. The first kappa shape index (κ1) is 9.36. The van der Waals surface area contributed by atoms with Gasteiger partial charge in [0.25, 0.3) is 0 Å². The van der Waals surface area contributed by atoms with E-state index in [0.29, 0.717) is 11.3 Å². The summed E-state index contributed by atoms with van der Waals surface area (Å²) in [7, 11) is 0. The van der Waals surface area contributed by atoms with E-state index in [9.17, 15) is 9.90 Å². The third-order valence-corrected chi connectivity index (χ3v) is 2.79. The minimum absolute atomic E-state index is 0.0288. The molecule has 1 N–H and O–H groups in total. The Morgan fingerprint density at radius 2 is 2.00 bits per heavy atom. The number of carbonyl (C=O) groups excluding carboxylic acids is 1. The molecule has 3 heteroatoms. The smallest absolute Gasteiger partial charge is 0.204 e. The third kappa shape index (κ3) is 1.29. The van der Waals surface area contributed by atoms with Gasteiger partial charge in [-0.25, -0.2) is 0 Å². The van der Waals surface area contributed by atoms with Gasteiger partial charge < -0.3 is 9.84 Å². The molecule has 0 saturated heterocycles. The van der Waals surface area contributed by atoms with Crippen molar-refractivity contribution >= 4 is 16.6 Å². The minimum Gasteiger partial charge on any atom is -0.464 e. The first-order valence-corrected chi connectivity index (χ1v) is 5.15. The van der Waals surface area contributed by atoms with E-state index in [-0.39, 0.29) is 12.2 Å². The van der Waals surface area contributed by atoms with Crippen molar-refractivity contribution in [3.05, 3.63) is 42.0 Å². The minimum atomic E-state index is -1.01. The zero-order valence-electron chi connectivity index (χ0n) is 8.51. The molecule has 1 heterocycles. The molecule has 2 aromatic rings. The molecule has 1 aliphatic rings. The lowest BCUT2D eigenvalue weighted by Crippen LogP contribution is -2.26. The van der Waals surface area contributed by atoms with Crippen LogP contribution in [0.3, 0.4) is 0 Å². The van der Waals surface area contributed by atoms with Crippen LogP contribution in [0.4, 0.5) is 0 Å². The van der Waals surface area contributed by atoms with Crippen molar-refractivity contribution in [2.75, 3.05) is 0 Å². The van der Waals surface area contributed by atoms with Crippen LogP contribution in [-0.2, 0) is 0 Å². The number of benzene rings is 2. The van der Waals surface area contributed by atoms with Crippen molar-refractivity contribution in [1.82, 2.24) is 0 Å². The highest BCUT2D eigenvalue weighted by atomic mass is 16.6. The van der Waals surface area contributed by atoms with E-state index in [4.69, 9.17) is 4.74 Å². The van der Waals surface area contributed by atoms with E-state index in [2.05, 4.69) is 0 Å². The summed E-state index contributed by atoms with van der Waals surface area (Å²) in [6.07, 6.45) is -0.984. The second kappa shape index (κ2) is 3.32. The average molecular weight is 214 g/mol. The molecule has 2 aromatic carbocycles. The summed E-state index contributed by atoms with van der Waals surface area (Å²) in [4.78, 5) is 11.9. The summed E-state index contributed by atoms with van der Waals surface area (Å²) >= 11 is 0. The maximum Gasteiger partial charge on any atom is 0.204 e. The molecule has 3 nitrogen and oxygen atoms in total. The van der Waals surface area contributed by atoms with E-state index < -0.39 is 6.29 Å². The summed E-state index contributed by atoms with van der Waals surface area (Å²) in [5.74, 6) is 0.410. The van der Waals surface area contributed by atoms with Crippen molar-refractivity contribution in [3.8, 4) is 5.75 Å². The van der Waals surface area contributed by atoms with Gasteiger partial charge in [-0.3, -0.25) is 4.79 Å². The van der Waals surface area contributed by atoms with Crippen LogP contribution in [0.15, 0.2) is 36.4 Å². The fraction of sp³-hybridized carbons (Fsp3) is 0.154. The summed E-state index contributed by atoms with van der Waals surface area (Å²) in [6, 6.07) is 11.3. The quantitative estimate of drug-likeness (QED) is 0.730. The Kier molecular flexibility index (Phi) is 1.94. The molecule has 0 aliphatic carbocycles. The van der Waals surface area contributed by atoms with Gasteiger partial charge in [0.15, 0.2) is 5.78 Å². The fourth-order valence-corrected chi connectivity index (χ4v) is 2.09. The van der Waals surface area contributed by atoms with Crippen molar-refractivity contribution in [2.45, 2.75) is 12.7 Å². The number of carbonyl (C=O) groups is 1. The predicted molar refractivity (Wildman–Crippen MR) is 59.5 cm³/mol. The topological polar surface area (TPSA) is 46.5 Å². The molecule has 16 heavy (non-hydrogen) atoms. The number of aliphatic hydroxyl groups is 1. The number of ether oxygens (including phenoxy) is 1. The van der Waals surface area contributed by atoms with Gasteiger partial charge in [-0.15, -0.1) is 0 Å². The van der Waals surface area contributed by atoms with Gasteiger partial charge in [-0.2, -0.15) is 0 Å². The molecular formula is C13H10O3. The first-order valence-electron chi connectivity index (χ1n) is 5.15. The summed E-state index contributed by atoms with van der Waals surface area (Å²) in [5.41, 5.74) is 0.586. The van der Waals surface area contributed by atoms with E-state index >= 15 is 0 Å².